The van der Waals surface area contributed by atoms with Crippen molar-refractivity contribution in [1.82, 2.24) is 10.6 Å². The molecule has 0 unspecified atom stereocenters. The number of ether oxygens (including phenoxy) is 1. The van der Waals surface area contributed by atoms with Gasteiger partial charge in [0.05, 0.1) is 13.2 Å². The molecule has 124 valence electrons. The van der Waals surface area contributed by atoms with Gasteiger partial charge in [0.15, 0.2) is 0 Å². The summed E-state index contributed by atoms with van der Waals surface area (Å²) in [6, 6.07) is 7.99. The number of rotatable bonds is 8. The largest absolute Gasteiger partial charge is 0.383 e. The van der Waals surface area contributed by atoms with Crippen LogP contribution in [-0.2, 0) is 14.9 Å². The fourth-order valence-corrected chi connectivity index (χ4v) is 2.81. The molecule has 1 aliphatic rings. The lowest BCUT2D eigenvalue weighted by Crippen LogP contribution is -2.47. The van der Waals surface area contributed by atoms with Crippen molar-refractivity contribution in [3.05, 3.63) is 34.9 Å². The Morgan fingerprint density at radius 1 is 1.32 bits per heavy atom. The Hall–Kier alpha value is -0.810. The smallest absolute Gasteiger partial charge is 0.233 e. The highest BCUT2D eigenvalue weighted by atomic mass is 35.5. The Morgan fingerprint density at radius 2 is 2.00 bits per heavy atom. The standard InChI is InChI=1S/C16H23ClN2O2.ClH/c1-21-10-9-18-11-15(20)19-12-16(7-2-8-16)13-3-5-14(17)6-4-13;/h3-6,18H,2,7-12H2,1H3,(H,19,20);1H. The van der Waals surface area contributed by atoms with E-state index in [1.54, 1.807) is 7.11 Å². The summed E-state index contributed by atoms with van der Waals surface area (Å²) >= 11 is 5.95. The van der Waals surface area contributed by atoms with Gasteiger partial charge in [0.1, 0.15) is 0 Å². The lowest BCUT2D eigenvalue weighted by atomic mass is 9.64. The van der Waals surface area contributed by atoms with Crippen molar-refractivity contribution in [1.29, 1.82) is 0 Å². The molecule has 2 N–H and O–H groups in total. The maximum atomic E-state index is 11.8. The number of amides is 1. The molecule has 0 atom stereocenters. The first kappa shape index (κ1) is 19.2. The topological polar surface area (TPSA) is 50.4 Å². The van der Waals surface area contributed by atoms with Crippen LogP contribution in [0.1, 0.15) is 24.8 Å². The maximum absolute atomic E-state index is 11.8. The summed E-state index contributed by atoms with van der Waals surface area (Å²) in [6.45, 7) is 2.33. The molecule has 0 heterocycles. The Bertz CT molecular complexity index is 462. The van der Waals surface area contributed by atoms with Crippen molar-refractivity contribution in [2.24, 2.45) is 0 Å². The molecule has 22 heavy (non-hydrogen) atoms. The van der Waals surface area contributed by atoms with Crippen molar-refractivity contribution in [2.75, 3.05) is 33.4 Å². The second-order valence-electron chi connectivity index (χ2n) is 5.59. The van der Waals surface area contributed by atoms with Crippen LogP contribution in [0, 0.1) is 0 Å². The van der Waals surface area contributed by atoms with Gasteiger partial charge in [0, 0.05) is 30.6 Å². The number of benzene rings is 1. The number of methoxy groups -OCH3 is 1. The van der Waals surface area contributed by atoms with Crippen LogP contribution >= 0.6 is 24.0 Å². The van der Waals surface area contributed by atoms with Gasteiger partial charge in [-0.1, -0.05) is 30.2 Å². The van der Waals surface area contributed by atoms with Crippen LogP contribution < -0.4 is 10.6 Å². The highest BCUT2D eigenvalue weighted by molar-refractivity contribution is 6.30. The summed E-state index contributed by atoms with van der Waals surface area (Å²) in [4.78, 5) is 11.8. The van der Waals surface area contributed by atoms with Gasteiger partial charge in [0.2, 0.25) is 5.91 Å². The fourth-order valence-electron chi connectivity index (χ4n) is 2.68. The van der Waals surface area contributed by atoms with E-state index in [9.17, 15) is 4.79 Å². The first-order valence-corrected chi connectivity index (χ1v) is 7.76. The molecule has 1 aromatic rings. The molecule has 4 nitrogen and oxygen atoms in total. The zero-order chi connectivity index (χ0) is 15.1. The van der Waals surface area contributed by atoms with E-state index < -0.39 is 0 Å². The second kappa shape index (κ2) is 9.36. The van der Waals surface area contributed by atoms with Crippen molar-refractivity contribution in [2.45, 2.75) is 24.7 Å². The maximum Gasteiger partial charge on any atom is 0.233 e. The van der Waals surface area contributed by atoms with Crippen LogP contribution in [0.25, 0.3) is 0 Å². The third-order valence-corrected chi connectivity index (χ3v) is 4.41. The number of carbonyl (C=O) groups is 1. The zero-order valence-electron chi connectivity index (χ0n) is 12.9. The molecule has 0 aliphatic heterocycles. The van der Waals surface area contributed by atoms with Crippen LogP contribution in [0.3, 0.4) is 0 Å². The summed E-state index contributed by atoms with van der Waals surface area (Å²) in [5.74, 6) is 0.0336. The average Bonchev–Trinajstić information content (AvgIpc) is 2.44. The number of hydrogen-bond acceptors (Lipinski definition) is 3. The van der Waals surface area contributed by atoms with E-state index in [4.69, 9.17) is 16.3 Å². The van der Waals surface area contributed by atoms with Crippen LogP contribution in [0.2, 0.25) is 5.02 Å². The Kier molecular flexibility index (Phi) is 8.18. The monoisotopic (exact) mass is 346 g/mol. The van der Waals surface area contributed by atoms with Crippen molar-refractivity contribution < 1.29 is 9.53 Å². The minimum Gasteiger partial charge on any atom is -0.383 e. The molecule has 6 heteroatoms. The van der Waals surface area contributed by atoms with Gasteiger partial charge in [-0.2, -0.15) is 0 Å². The SMILES string of the molecule is COCCNCC(=O)NCC1(c2ccc(Cl)cc2)CCC1.Cl. The fraction of sp³-hybridized carbons (Fsp3) is 0.562. The van der Waals surface area contributed by atoms with Gasteiger partial charge in [0.25, 0.3) is 0 Å². The normalized spacial score (nSPS) is 15.5. The first-order chi connectivity index (χ1) is 10.2. The number of nitrogens with one attached hydrogen (secondary N) is 2. The molecule has 1 aromatic carbocycles. The van der Waals surface area contributed by atoms with Gasteiger partial charge in [-0.3, -0.25) is 4.79 Å². The highest BCUT2D eigenvalue weighted by Gasteiger charge is 2.38. The number of carbonyl (C=O) groups excluding carboxylic acids is 1. The summed E-state index contributed by atoms with van der Waals surface area (Å²) in [6.07, 6.45) is 3.45. The number of hydrogen-bond donors (Lipinski definition) is 2. The molecule has 1 saturated carbocycles. The van der Waals surface area contributed by atoms with Crippen LogP contribution in [0.4, 0.5) is 0 Å². The van der Waals surface area contributed by atoms with Crippen LogP contribution in [0.5, 0.6) is 0 Å². The quantitative estimate of drug-likeness (QED) is 0.711. The molecule has 0 aromatic heterocycles. The predicted molar refractivity (Wildman–Crippen MR) is 92.0 cm³/mol. The van der Waals surface area contributed by atoms with Crippen molar-refractivity contribution in [3.8, 4) is 0 Å². The van der Waals surface area contributed by atoms with E-state index in [2.05, 4.69) is 22.8 Å². The second-order valence-corrected chi connectivity index (χ2v) is 6.02. The minimum atomic E-state index is 0. The van der Waals surface area contributed by atoms with E-state index >= 15 is 0 Å². The molecule has 1 amide bonds. The van der Waals surface area contributed by atoms with E-state index in [-0.39, 0.29) is 23.7 Å². The third-order valence-electron chi connectivity index (χ3n) is 4.16. The summed E-state index contributed by atoms with van der Waals surface area (Å²) < 4.78 is 4.93. The van der Waals surface area contributed by atoms with Gasteiger partial charge in [-0.05, 0) is 30.5 Å². The summed E-state index contributed by atoms with van der Waals surface area (Å²) in [5, 5.41) is 6.84. The lowest BCUT2D eigenvalue weighted by molar-refractivity contribution is -0.120. The van der Waals surface area contributed by atoms with Gasteiger partial charge in [-0.25, -0.2) is 0 Å². The van der Waals surface area contributed by atoms with E-state index in [1.165, 1.54) is 12.0 Å². The molecule has 1 aliphatic carbocycles. The van der Waals surface area contributed by atoms with E-state index in [1.807, 2.05) is 12.1 Å². The van der Waals surface area contributed by atoms with Crippen molar-refractivity contribution in [3.63, 3.8) is 0 Å². The van der Waals surface area contributed by atoms with E-state index in [0.717, 1.165) is 17.9 Å². The number of halogens is 2. The Labute approximate surface area is 143 Å². The molecule has 0 bridgehead atoms. The van der Waals surface area contributed by atoms with Crippen LogP contribution in [0.15, 0.2) is 24.3 Å². The first-order valence-electron chi connectivity index (χ1n) is 7.39. The zero-order valence-corrected chi connectivity index (χ0v) is 14.4. The summed E-state index contributed by atoms with van der Waals surface area (Å²) in [7, 11) is 1.65. The molecular weight excluding hydrogens is 323 g/mol. The van der Waals surface area contributed by atoms with Gasteiger partial charge >= 0.3 is 0 Å². The molecular formula is C16H24Cl2N2O2. The lowest BCUT2D eigenvalue weighted by Gasteiger charge is -2.42. The molecule has 0 saturated heterocycles. The van der Waals surface area contributed by atoms with Crippen molar-refractivity contribution >= 4 is 29.9 Å². The minimum absolute atomic E-state index is 0. The molecule has 2 rings (SSSR count). The Balaban J connectivity index is 0.00000242. The highest BCUT2D eigenvalue weighted by Crippen LogP contribution is 2.43. The molecule has 1 fully saturated rings. The molecule has 0 spiro atoms. The average molecular weight is 347 g/mol. The predicted octanol–water partition coefficient (Wildman–Crippen LogP) is 2.54. The van der Waals surface area contributed by atoms with E-state index in [0.29, 0.717) is 26.2 Å². The third kappa shape index (κ3) is 5.13. The summed E-state index contributed by atoms with van der Waals surface area (Å²) in [5.41, 5.74) is 1.36. The van der Waals surface area contributed by atoms with Gasteiger partial charge < -0.3 is 15.4 Å². The molecule has 0 radical (unpaired) electrons. The van der Waals surface area contributed by atoms with Gasteiger partial charge in [-0.15, -0.1) is 12.4 Å². The van der Waals surface area contributed by atoms with Crippen LogP contribution in [-0.4, -0.2) is 39.3 Å². The Morgan fingerprint density at radius 3 is 2.55 bits per heavy atom.